The second kappa shape index (κ2) is 4.83. The van der Waals surface area contributed by atoms with Crippen molar-refractivity contribution in [2.24, 2.45) is 0 Å². The van der Waals surface area contributed by atoms with Crippen LogP contribution >= 0.6 is 0 Å². The van der Waals surface area contributed by atoms with Gasteiger partial charge in [-0.25, -0.2) is 4.79 Å². The molecule has 0 spiro atoms. The molecule has 1 unspecified atom stereocenters. The van der Waals surface area contributed by atoms with Gasteiger partial charge in [0.2, 0.25) is 11.3 Å². The Morgan fingerprint density at radius 2 is 2.17 bits per heavy atom. The Hall–Kier alpha value is -2.43. The van der Waals surface area contributed by atoms with E-state index in [2.05, 4.69) is 10.3 Å². The van der Waals surface area contributed by atoms with E-state index in [1.165, 1.54) is 25.6 Å². The molecule has 0 fully saturated rings. The lowest BCUT2D eigenvalue weighted by Gasteiger charge is -2.27. The predicted octanol–water partition coefficient (Wildman–Crippen LogP) is 0.849. The van der Waals surface area contributed by atoms with E-state index in [1.807, 2.05) is 0 Å². The minimum Gasteiger partial charge on any atom is -0.467 e. The summed E-state index contributed by atoms with van der Waals surface area (Å²) in [4.78, 5) is 28.3. The summed E-state index contributed by atoms with van der Waals surface area (Å²) in [5.41, 5.74) is -1.33. The van der Waals surface area contributed by atoms with Gasteiger partial charge in [0, 0.05) is 6.20 Å². The Morgan fingerprint density at radius 1 is 1.33 bits per heavy atom. The zero-order valence-electron chi connectivity index (χ0n) is 9.79. The van der Waals surface area contributed by atoms with Gasteiger partial charge in [-0.05, 0) is 30.5 Å². The fourth-order valence-electron chi connectivity index (χ4n) is 1.70. The molecule has 0 aliphatic carbocycles. The number of carbonyl (C=O) groups excluding carboxylic acids is 2. The number of methoxy groups -OCH3 is 1. The smallest absolute Gasteiger partial charge is 0.343 e. The van der Waals surface area contributed by atoms with Crippen LogP contribution in [0.1, 0.15) is 10.5 Å². The van der Waals surface area contributed by atoms with Gasteiger partial charge in [-0.15, -0.1) is 0 Å². The van der Waals surface area contributed by atoms with Crippen LogP contribution in [0.25, 0.3) is 0 Å². The Bertz CT molecular complexity index is 522. The summed E-state index contributed by atoms with van der Waals surface area (Å²) in [6, 6.07) is 4.94. The molecule has 18 heavy (non-hydrogen) atoms. The monoisotopic (exact) mass is 244 g/mol. The third-order valence-corrected chi connectivity index (χ3v) is 2.63. The highest BCUT2D eigenvalue weighted by atomic mass is 16.5. The zero-order valence-corrected chi connectivity index (χ0v) is 9.79. The topological polar surface area (TPSA) is 68.3 Å². The number of hydrogen-bond donors (Lipinski definition) is 1. The SMILES string of the molecule is COC(=O)C1(C(=O)c2ccccn2)C=CC=CN1. The van der Waals surface area contributed by atoms with Crippen LogP contribution in [0.3, 0.4) is 0 Å². The third-order valence-electron chi connectivity index (χ3n) is 2.63. The number of allylic oxidation sites excluding steroid dienone is 2. The van der Waals surface area contributed by atoms with Crippen molar-refractivity contribution in [1.29, 1.82) is 0 Å². The maximum atomic E-state index is 12.4. The minimum absolute atomic E-state index is 0.204. The lowest BCUT2D eigenvalue weighted by atomic mass is 9.89. The Kier molecular flexibility index (Phi) is 3.23. The van der Waals surface area contributed by atoms with Gasteiger partial charge in [0.25, 0.3) is 0 Å². The van der Waals surface area contributed by atoms with Gasteiger partial charge in [-0.1, -0.05) is 12.1 Å². The van der Waals surface area contributed by atoms with Crippen LogP contribution < -0.4 is 5.32 Å². The summed E-state index contributed by atoms with van der Waals surface area (Å²) in [5, 5.41) is 2.75. The van der Waals surface area contributed by atoms with E-state index in [9.17, 15) is 9.59 Å². The van der Waals surface area contributed by atoms with E-state index < -0.39 is 17.3 Å². The van der Waals surface area contributed by atoms with E-state index in [1.54, 1.807) is 30.4 Å². The first kappa shape index (κ1) is 12.0. The van der Waals surface area contributed by atoms with Crippen molar-refractivity contribution in [1.82, 2.24) is 10.3 Å². The van der Waals surface area contributed by atoms with Gasteiger partial charge in [0.05, 0.1) is 7.11 Å². The number of rotatable bonds is 3. The molecule has 0 aromatic carbocycles. The van der Waals surface area contributed by atoms with Crippen LogP contribution in [-0.2, 0) is 9.53 Å². The number of dihydropyridines is 1. The maximum Gasteiger partial charge on any atom is 0.343 e. The fourth-order valence-corrected chi connectivity index (χ4v) is 1.70. The lowest BCUT2D eigenvalue weighted by Crippen LogP contribution is -2.56. The molecular weight excluding hydrogens is 232 g/mol. The molecule has 0 amide bonds. The normalized spacial score (nSPS) is 21.2. The van der Waals surface area contributed by atoms with Crippen LogP contribution in [0.15, 0.2) is 48.8 Å². The van der Waals surface area contributed by atoms with Gasteiger partial charge < -0.3 is 10.1 Å². The summed E-state index contributed by atoms with van der Waals surface area (Å²) in [6.45, 7) is 0. The van der Waals surface area contributed by atoms with Crippen LogP contribution in [-0.4, -0.2) is 29.4 Å². The molecule has 5 nitrogen and oxygen atoms in total. The largest absolute Gasteiger partial charge is 0.467 e. The van der Waals surface area contributed by atoms with Gasteiger partial charge in [-0.2, -0.15) is 0 Å². The molecule has 5 heteroatoms. The fraction of sp³-hybridized carbons (Fsp3) is 0.154. The number of carbonyl (C=O) groups is 2. The van der Waals surface area contributed by atoms with Crippen LogP contribution in [0.5, 0.6) is 0 Å². The number of ether oxygens (including phenoxy) is 1. The molecule has 0 bridgehead atoms. The number of aromatic nitrogens is 1. The van der Waals surface area contributed by atoms with Crippen LogP contribution in [0.2, 0.25) is 0 Å². The highest BCUT2D eigenvalue weighted by Gasteiger charge is 2.45. The van der Waals surface area contributed by atoms with E-state index in [0.717, 1.165) is 0 Å². The maximum absolute atomic E-state index is 12.4. The second-order valence-corrected chi connectivity index (χ2v) is 3.71. The van der Waals surface area contributed by atoms with E-state index >= 15 is 0 Å². The predicted molar refractivity (Wildman–Crippen MR) is 64.7 cm³/mol. The third kappa shape index (κ3) is 1.90. The highest BCUT2D eigenvalue weighted by Crippen LogP contribution is 2.18. The lowest BCUT2D eigenvalue weighted by molar-refractivity contribution is -0.144. The molecule has 0 saturated carbocycles. The van der Waals surface area contributed by atoms with Crippen molar-refractivity contribution in [3.63, 3.8) is 0 Å². The average molecular weight is 244 g/mol. The first-order valence-corrected chi connectivity index (χ1v) is 5.37. The zero-order chi connectivity index (χ0) is 13.0. The van der Waals surface area contributed by atoms with Crippen molar-refractivity contribution in [3.05, 3.63) is 54.5 Å². The van der Waals surface area contributed by atoms with Gasteiger partial charge >= 0.3 is 5.97 Å². The molecule has 0 radical (unpaired) electrons. The van der Waals surface area contributed by atoms with Crippen molar-refractivity contribution >= 4 is 11.8 Å². The summed E-state index contributed by atoms with van der Waals surface area (Å²) >= 11 is 0. The van der Waals surface area contributed by atoms with Crippen LogP contribution in [0.4, 0.5) is 0 Å². The van der Waals surface area contributed by atoms with Gasteiger partial charge in [-0.3, -0.25) is 9.78 Å². The summed E-state index contributed by atoms with van der Waals surface area (Å²) < 4.78 is 4.70. The number of nitrogens with zero attached hydrogens (tertiary/aromatic N) is 1. The molecule has 1 N–H and O–H groups in total. The van der Waals surface area contributed by atoms with Crippen molar-refractivity contribution in [2.45, 2.75) is 5.54 Å². The number of ketones is 1. The second-order valence-electron chi connectivity index (χ2n) is 3.71. The molecule has 1 aromatic heterocycles. The van der Waals surface area contributed by atoms with Crippen LogP contribution in [0, 0.1) is 0 Å². The van der Waals surface area contributed by atoms with Gasteiger partial charge in [0.15, 0.2) is 0 Å². The van der Waals surface area contributed by atoms with Crippen molar-refractivity contribution < 1.29 is 14.3 Å². The molecule has 2 heterocycles. The molecule has 0 saturated heterocycles. The first-order valence-electron chi connectivity index (χ1n) is 5.37. The number of hydrogen-bond acceptors (Lipinski definition) is 5. The van der Waals surface area contributed by atoms with Gasteiger partial charge in [0.1, 0.15) is 5.69 Å². The molecule has 1 atom stereocenters. The summed E-state index contributed by atoms with van der Waals surface area (Å²) in [7, 11) is 1.24. The van der Waals surface area contributed by atoms with E-state index in [-0.39, 0.29) is 5.69 Å². The van der Waals surface area contributed by atoms with E-state index in [0.29, 0.717) is 0 Å². The molecule has 1 aliphatic heterocycles. The Labute approximate surface area is 104 Å². The Balaban J connectivity index is 2.43. The number of pyridine rings is 1. The molecule has 1 aromatic rings. The average Bonchev–Trinajstić information content (AvgIpc) is 2.47. The molecule has 1 aliphatic rings. The summed E-state index contributed by atoms with van der Waals surface area (Å²) in [5.74, 6) is -1.12. The van der Waals surface area contributed by atoms with Crippen molar-refractivity contribution in [2.75, 3.05) is 7.11 Å². The number of Topliss-reactive ketones (excluding diaryl/α,β-unsaturated/α-hetero) is 1. The van der Waals surface area contributed by atoms with E-state index in [4.69, 9.17) is 4.74 Å². The Morgan fingerprint density at radius 3 is 2.72 bits per heavy atom. The summed E-state index contributed by atoms with van der Waals surface area (Å²) in [6.07, 6.45) is 7.80. The first-order chi connectivity index (χ1) is 8.70. The number of esters is 1. The minimum atomic E-state index is -1.53. The number of nitrogens with one attached hydrogen (secondary N) is 1. The van der Waals surface area contributed by atoms with Crippen molar-refractivity contribution in [3.8, 4) is 0 Å². The highest BCUT2D eigenvalue weighted by molar-refractivity contribution is 6.17. The quantitative estimate of drug-likeness (QED) is 0.485. The molecule has 2 rings (SSSR count). The standard InChI is InChI=1S/C13H12N2O3/c1-18-12(17)13(7-3-5-9-15-13)11(16)10-6-2-4-8-14-10/h2-9,15H,1H3. The molecular formula is C13H12N2O3. The molecule has 92 valence electrons.